The Hall–Kier alpha value is -1.27. The number of hydrogen-bond acceptors (Lipinski definition) is 0. The Morgan fingerprint density at radius 2 is 1.24 bits per heavy atom. The van der Waals surface area contributed by atoms with Gasteiger partial charge in [0.25, 0.3) is 0 Å². The van der Waals surface area contributed by atoms with Crippen molar-refractivity contribution in [1.29, 1.82) is 0 Å². The molecule has 0 fully saturated rings. The van der Waals surface area contributed by atoms with Crippen molar-refractivity contribution in [1.82, 2.24) is 0 Å². The van der Waals surface area contributed by atoms with E-state index in [1.165, 1.54) is 49.7 Å². The summed E-state index contributed by atoms with van der Waals surface area (Å²) in [4.78, 5) is 0. The average Bonchev–Trinajstić information content (AvgIpc) is 3.17. The zero-order chi connectivity index (χ0) is 24.4. The van der Waals surface area contributed by atoms with Crippen LogP contribution in [0.2, 0.25) is 0 Å². The molecule has 0 atom stereocenters. The van der Waals surface area contributed by atoms with E-state index in [1.54, 1.807) is 0 Å². The summed E-state index contributed by atoms with van der Waals surface area (Å²) in [6, 6.07) is 27.1. The van der Waals surface area contributed by atoms with Crippen LogP contribution in [0.25, 0.3) is 33.0 Å². The summed E-state index contributed by atoms with van der Waals surface area (Å²) in [6.45, 7) is 16.1. The fraction of sp³-hybridized carbons (Fsp3) is 0.300. The van der Waals surface area contributed by atoms with Crippen molar-refractivity contribution in [3.05, 3.63) is 89.5 Å². The Kier molecular flexibility index (Phi) is 8.43. The molecule has 4 rings (SSSR count). The van der Waals surface area contributed by atoms with Crippen LogP contribution in [0.1, 0.15) is 58.2 Å². The summed E-state index contributed by atoms with van der Waals surface area (Å²) in [5, 5.41) is 2.66. The molecular formula is C30H33Cl2Zr-. The van der Waals surface area contributed by atoms with Crippen LogP contribution >= 0.6 is 17.0 Å². The van der Waals surface area contributed by atoms with Gasteiger partial charge in [0, 0.05) is 0 Å². The van der Waals surface area contributed by atoms with Gasteiger partial charge in [-0.1, -0.05) is 107 Å². The maximum absolute atomic E-state index is 4.93. The van der Waals surface area contributed by atoms with E-state index in [-0.39, 0.29) is 10.8 Å². The molecule has 0 radical (unpaired) electrons. The molecule has 0 unspecified atom stereocenters. The third-order valence-electron chi connectivity index (χ3n) is 6.16. The van der Waals surface area contributed by atoms with Crippen molar-refractivity contribution in [3.63, 3.8) is 0 Å². The molecule has 0 aliphatic rings. The Morgan fingerprint density at radius 1 is 0.697 bits per heavy atom. The molecule has 0 heterocycles. The Labute approximate surface area is 218 Å². The van der Waals surface area contributed by atoms with Gasteiger partial charge in [-0.25, -0.2) is 0 Å². The molecule has 4 aromatic carbocycles. The predicted octanol–water partition coefficient (Wildman–Crippen LogP) is 10.2. The molecule has 0 aliphatic carbocycles. The second-order valence-corrected chi connectivity index (χ2v) is 14.5. The van der Waals surface area contributed by atoms with E-state index >= 15 is 0 Å². The van der Waals surface area contributed by atoms with E-state index in [0.717, 1.165) is 0 Å². The standard InChI is InChI=1S/C30H33.2ClH.Zr/c1-20-13-14-22-15-23(21-11-9-8-10-12-21)18-27(22)28(20)24-16-25(29(2,3)4)19-26(17-24)30(5,6)7;;;/h8-19H,1-7H3;2*1H;/q-1;;;+2/p-2. The van der Waals surface area contributed by atoms with Gasteiger partial charge < -0.3 is 0 Å². The van der Waals surface area contributed by atoms with Crippen molar-refractivity contribution in [2.24, 2.45) is 0 Å². The minimum absolute atomic E-state index is 0.110. The summed E-state index contributed by atoms with van der Waals surface area (Å²) in [6.07, 6.45) is 0. The first-order valence-corrected chi connectivity index (χ1v) is 17.7. The van der Waals surface area contributed by atoms with Gasteiger partial charge in [-0.15, -0.1) is 34.5 Å². The van der Waals surface area contributed by atoms with Crippen LogP contribution < -0.4 is 0 Å². The van der Waals surface area contributed by atoms with Crippen molar-refractivity contribution in [2.75, 3.05) is 0 Å². The third-order valence-corrected chi connectivity index (χ3v) is 6.16. The van der Waals surface area contributed by atoms with E-state index in [1.807, 2.05) is 0 Å². The molecule has 4 aromatic rings. The van der Waals surface area contributed by atoms with Crippen LogP contribution in [-0.4, -0.2) is 0 Å². The molecule has 33 heavy (non-hydrogen) atoms. The van der Waals surface area contributed by atoms with Crippen molar-refractivity contribution >= 4 is 27.8 Å². The van der Waals surface area contributed by atoms with Gasteiger partial charge in [-0.3, -0.25) is 0 Å². The number of halogens is 2. The Balaban J connectivity index is 0.000000968. The van der Waals surface area contributed by atoms with Crippen molar-refractivity contribution in [3.8, 4) is 22.3 Å². The van der Waals surface area contributed by atoms with E-state index < -0.39 is 20.8 Å². The summed E-state index contributed by atoms with van der Waals surface area (Å²) >= 11 is -0.826. The summed E-state index contributed by atoms with van der Waals surface area (Å²) in [5.74, 6) is 0. The van der Waals surface area contributed by atoms with Gasteiger partial charge in [0.1, 0.15) is 0 Å². The SMILES string of the molecule is Cc1ccc2[cH-]c(-c3ccccc3)cc2c1-c1cc(C(C)(C)C)cc(C(C)(C)C)c1.[Cl][Zr][Cl]. The number of benzene rings is 3. The second kappa shape index (κ2) is 10.6. The van der Waals surface area contributed by atoms with Gasteiger partial charge in [0.2, 0.25) is 0 Å². The first-order chi connectivity index (χ1) is 15.5. The number of rotatable bonds is 2. The monoisotopic (exact) mass is 553 g/mol. The Morgan fingerprint density at radius 3 is 1.76 bits per heavy atom. The summed E-state index contributed by atoms with van der Waals surface area (Å²) < 4.78 is 0. The molecule has 3 heteroatoms. The van der Waals surface area contributed by atoms with Crippen LogP contribution in [0.3, 0.4) is 0 Å². The van der Waals surface area contributed by atoms with Gasteiger partial charge >= 0.3 is 37.9 Å². The molecule has 0 saturated heterocycles. The van der Waals surface area contributed by atoms with Gasteiger partial charge in [-0.05, 0) is 40.0 Å². The molecule has 0 aliphatic heterocycles. The summed E-state index contributed by atoms with van der Waals surface area (Å²) in [5.41, 5.74) is 9.62. The first-order valence-electron chi connectivity index (χ1n) is 11.3. The van der Waals surface area contributed by atoms with Gasteiger partial charge in [0.05, 0.1) is 0 Å². The van der Waals surface area contributed by atoms with E-state index in [4.69, 9.17) is 17.0 Å². The van der Waals surface area contributed by atoms with Crippen molar-refractivity contribution < 1.29 is 20.8 Å². The van der Waals surface area contributed by atoms with E-state index in [2.05, 4.69) is 121 Å². The molecule has 0 aromatic heterocycles. The van der Waals surface area contributed by atoms with E-state index in [0.29, 0.717) is 0 Å². The second-order valence-electron chi connectivity index (χ2n) is 10.7. The zero-order valence-corrected chi connectivity index (χ0v) is 24.7. The van der Waals surface area contributed by atoms with Gasteiger partial charge in [-0.2, -0.15) is 0 Å². The topological polar surface area (TPSA) is 0 Å². The van der Waals surface area contributed by atoms with Crippen LogP contribution in [0, 0.1) is 6.92 Å². The first kappa shape index (κ1) is 26.3. The normalized spacial score (nSPS) is 11.8. The fourth-order valence-electron chi connectivity index (χ4n) is 4.21. The van der Waals surface area contributed by atoms with Crippen LogP contribution in [0.4, 0.5) is 0 Å². The van der Waals surface area contributed by atoms with Crippen LogP contribution in [0.5, 0.6) is 0 Å². The zero-order valence-electron chi connectivity index (χ0n) is 20.7. The number of fused-ring (bicyclic) bond motifs is 1. The summed E-state index contributed by atoms with van der Waals surface area (Å²) in [7, 11) is 9.87. The molecule has 0 bridgehead atoms. The predicted molar refractivity (Wildman–Crippen MR) is 144 cm³/mol. The number of aryl methyl sites for hydroxylation is 1. The number of hydrogen-bond donors (Lipinski definition) is 0. The minimum atomic E-state index is -0.826. The Bertz CT molecular complexity index is 1190. The molecule has 0 saturated carbocycles. The molecule has 0 N–H and O–H groups in total. The molecule has 172 valence electrons. The molecule has 0 spiro atoms. The third kappa shape index (κ3) is 6.25. The average molecular weight is 556 g/mol. The quantitative estimate of drug-likeness (QED) is 0.216. The maximum atomic E-state index is 4.93. The van der Waals surface area contributed by atoms with Crippen molar-refractivity contribution in [2.45, 2.75) is 59.3 Å². The van der Waals surface area contributed by atoms with Crippen LogP contribution in [-0.2, 0) is 31.7 Å². The van der Waals surface area contributed by atoms with Gasteiger partial charge in [0.15, 0.2) is 0 Å². The molecule has 0 amide bonds. The molecular weight excluding hydrogens is 522 g/mol. The fourth-order valence-corrected chi connectivity index (χ4v) is 4.21. The van der Waals surface area contributed by atoms with E-state index in [9.17, 15) is 0 Å². The van der Waals surface area contributed by atoms with Crippen LogP contribution in [0.15, 0.2) is 72.8 Å². The molecule has 0 nitrogen and oxygen atoms in total.